The summed E-state index contributed by atoms with van der Waals surface area (Å²) in [4.78, 5) is 12.1. The lowest BCUT2D eigenvalue weighted by atomic mass is 10.3. The number of rotatable bonds is 7. The molecule has 0 aliphatic rings. The average Bonchev–Trinajstić information content (AvgIpc) is 3.16. The number of aromatic nitrogens is 2. The molecule has 2 N–H and O–H groups in total. The van der Waals surface area contributed by atoms with Crippen molar-refractivity contribution < 1.29 is 14.3 Å². The Morgan fingerprint density at radius 1 is 0.958 bits per heavy atom. The number of hydrogen-bond donors (Lipinski definition) is 2. The van der Waals surface area contributed by atoms with Gasteiger partial charge >= 0.3 is 0 Å². The van der Waals surface area contributed by atoms with Gasteiger partial charge in [-0.2, -0.15) is 5.10 Å². The molecule has 1 heterocycles. The molecule has 0 unspecified atom stereocenters. The maximum Gasteiger partial charge on any atom is 0.273 e. The van der Waals surface area contributed by atoms with Crippen LogP contribution in [0.5, 0.6) is 11.5 Å². The lowest BCUT2D eigenvalue weighted by Crippen LogP contribution is -2.14. The second-order valence-corrected chi connectivity index (χ2v) is 4.93. The number of para-hydroxylation sites is 3. The van der Waals surface area contributed by atoms with Crippen LogP contribution in [-0.4, -0.2) is 29.3 Å². The van der Waals surface area contributed by atoms with Gasteiger partial charge in [0.05, 0.1) is 5.69 Å². The molecule has 3 aromatic rings. The van der Waals surface area contributed by atoms with Gasteiger partial charge in [-0.3, -0.25) is 9.89 Å². The molecule has 0 saturated carbocycles. The van der Waals surface area contributed by atoms with E-state index in [4.69, 9.17) is 9.47 Å². The van der Waals surface area contributed by atoms with Crippen molar-refractivity contribution in [2.45, 2.75) is 0 Å². The molecule has 122 valence electrons. The monoisotopic (exact) mass is 323 g/mol. The van der Waals surface area contributed by atoms with Crippen LogP contribution in [0.1, 0.15) is 10.5 Å². The van der Waals surface area contributed by atoms with Crippen LogP contribution in [-0.2, 0) is 0 Å². The van der Waals surface area contributed by atoms with Crippen molar-refractivity contribution in [2.75, 3.05) is 18.5 Å². The number of carbonyl (C=O) groups is 1. The summed E-state index contributed by atoms with van der Waals surface area (Å²) in [7, 11) is 0. The fourth-order valence-corrected chi connectivity index (χ4v) is 2.10. The minimum atomic E-state index is -0.274. The van der Waals surface area contributed by atoms with Gasteiger partial charge in [0.2, 0.25) is 0 Å². The van der Waals surface area contributed by atoms with Crippen LogP contribution < -0.4 is 14.8 Å². The molecule has 0 fully saturated rings. The molecule has 24 heavy (non-hydrogen) atoms. The molecule has 6 heteroatoms. The van der Waals surface area contributed by atoms with Gasteiger partial charge in [-0.1, -0.05) is 30.3 Å². The van der Waals surface area contributed by atoms with E-state index < -0.39 is 0 Å². The molecule has 0 saturated heterocycles. The minimum Gasteiger partial charge on any atom is -0.490 e. The molecule has 0 spiro atoms. The first kappa shape index (κ1) is 15.6. The number of H-pyrrole nitrogens is 1. The third-order valence-corrected chi connectivity index (χ3v) is 3.23. The molecule has 1 aromatic heterocycles. The van der Waals surface area contributed by atoms with Crippen LogP contribution in [0.15, 0.2) is 66.9 Å². The van der Waals surface area contributed by atoms with Crippen LogP contribution in [0.2, 0.25) is 0 Å². The number of carbonyl (C=O) groups excluding carboxylic acids is 1. The summed E-state index contributed by atoms with van der Waals surface area (Å²) >= 11 is 0. The molecule has 0 bridgehead atoms. The predicted molar refractivity (Wildman–Crippen MR) is 90.4 cm³/mol. The van der Waals surface area contributed by atoms with E-state index in [1.54, 1.807) is 18.2 Å². The summed E-state index contributed by atoms with van der Waals surface area (Å²) in [5, 5.41) is 9.18. The Morgan fingerprint density at radius 3 is 2.50 bits per heavy atom. The van der Waals surface area contributed by atoms with Crippen LogP contribution in [0.3, 0.4) is 0 Å². The Labute approximate surface area is 139 Å². The standard InChI is InChI=1S/C18H17N3O3/c22-18(16-10-11-19-21-16)20-15-8-4-5-9-17(15)24-13-12-23-14-6-2-1-3-7-14/h1-11H,12-13H2,(H,19,21)(H,20,22). The van der Waals surface area contributed by atoms with Crippen molar-refractivity contribution in [1.29, 1.82) is 0 Å². The zero-order valence-corrected chi connectivity index (χ0v) is 12.9. The van der Waals surface area contributed by atoms with Crippen molar-refractivity contribution in [1.82, 2.24) is 10.2 Å². The van der Waals surface area contributed by atoms with Crippen LogP contribution in [0, 0.1) is 0 Å². The summed E-state index contributed by atoms with van der Waals surface area (Å²) in [5.74, 6) is 1.10. The molecule has 0 radical (unpaired) electrons. The van der Waals surface area contributed by atoms with E-state index in [0.29, 0.717) is 30.3 Å². The first-order valence-corrected chi connectivity index (χ1v) is 7.53. The molecule has 0 aliphatic heterocycles. The molecule has 1 amide bonds. The van der Waals surface area contributed by atoms with E-state index >= 15 is 0 Å². The first-order chi connectivity index (χ1) is 11.8. The highest BCUT2D eigenvalue weighted by atomic mass is 16.5. The summed E-state index contributed by atoms with van der Waals surface area (Å²) in [5.41, 5.74) is 0.981. The number of anilines is 1. The number of aromatic amines is 1. The molecular weight excluding hydrogens is 306 g/mol. The molecular formula is C18H17N3O3. The Bertz CT molecular complexity index is 773. The third-order valence-electron chi connectivity index (χ3n) is 3.23. The molecule has 2 aromatic carbocycles. The van der Waals surface area contributed by atoms with Crippen molar-refractivity contribution in [2.24, 2.45) is 0 Å². The average molecular weight is 323 g/mol. The van der Waals surface area contributed by atoms with Gasteiger partial charge in [-0.15, -0.1) is 0 Å². The lowest BCUT2D eigenvalue weighted by molar-refractivity contribution is 0.102. The number of benzene rings is 2. The highest BCUT2D eigenvalue weighted by Crippen LogP contribution is 2.24. The number of nitrogens with zero attached hydrogens (tertiary/aromatic N) is 1. The minimum absolute atomic E-state index is 0.274. The maximum atomic E-state index is 12.1. The van der Waals surface area contributed by atoms with Gasteiger partial charge in [0, 0.05) is 6.20 Å². The SMILES string of the molecule is O=C(Nc1ccccc1OCCOc1ccccc1)c1ccn[nH]1. The predicted octanol–water partition coefficient (Wildman–Crippen LogP) is 3.12. The summed E-state index contributed by atoms with van der Waals surface area (Å²) < 4.78 is 11.3. The van der Waals surface area contributed by atoms with Gasteiger partial charge in [-0.05, 0) is 30.3 Å². The van der Waals surface area contributed by atoms with E-state index in [2.05, 4.69) is 15.5 Å². The molecule has 0 atom stereocenters. The molecule has 6 nitrogen and oxygen atoms in total. The highest BCUT2D eigenvalue weighted by Gasteiger charge is 2.10. The molecule has 3 rings (SSSR count). The summed E-state index contributed by atoms with van der Waals surface area (Å²) in [6.07, 6.45) is 1.53. The Kier molecular flexibility index (Phi) is 5.09. The van der Waals surface area contributed by atoms with E-state index in [0.717, 1.165) is 5.75 Å². The largest absolute Gasteiger partial charge is 0.490 e. The first-order valence-electron chi connectivity index (χ1n) is 7.53. The van der Waals surface area contributed by atoms with Crippen molar-refractivity contribution in [3.63, 3.8) is 0 Å². The van der Waals surface area contributed by atoms with E-state index in [-0.39, 0.29) is 5.91 Å². The quantitative estimate of drug-likeness (QED) is 0.655. The highest BCUT2D eigenvalue weighted by molar-refractivity contribution is 6.03. The number of ether oxygens (including phenoxy) is 2. The number of nitrogens with one attached hydrogen (secondary N) is 2. The van der Waals surface area contributed by atoms with Crippen LogP contribution in [0.4, 0.5) is 5.69 Å². The van der Waals surface area contributed by atoms with Gasteiger partial charge in [-0.25, -0.2) is 0 Å². The van der Waals surface area contributed by atoms with E-state index in [1.807, 2.05) is 42.5 Å². The fourth-order valence-electron chi connectivity index (χ4n) is 2.10. The Balaban J connectivity index is 1.55. The van der Waals surface area contributed by atoms with Crippen LogP contribution in [0.25, 0.3) is 0 Å². The fraction of sp³-hybridized carbons (Fsp3) is 0.111. The van der Waals surface area contributed by atoms with Gasteiger partial charge in [0.15, 0.2) is 0 Å². The van der Waals surface area contributed by atoms with Crippen LogP contribution >= 0.6 is 0 Å². The van der Waals surface area contributed by atoms with Gasteiger partial charge in [0.25, 0.3) is 5.91 Å². The van der Waals surface area contributed by atoms with Gasteiger partial charge in [0.1, 0.15) is 30.4 Å². The topological polar surface area (TPSA) is 76.2 Å². The van der Waals surface area contributed by atoms with E-state index in [9.17, 15) is 4.79 Å². The zero-order chi connectivity index (χ0) is 16.6. The van der Waals surface area contributed by atoms with Crippen molar-refractivity contribution in [3.05, 3.63) is 72.6 Å². The van der Waals surface area contributed by atoms with E-state index in [1.165, 1.54) is 6.20 Å². The van der Waals surface area contributed by atoms with Gasteiger partial charge < -0.3 is 14.8 Å². The zero-order valence-electron chi connectivity index (χ0n) is 12.9. The molecule has 0 aliphatic carbocycles. The normalized spacial score (nSPS) is 10.2. The second-order valence-electron chi connectivity index (χ2n) is 4.93. The maximum absolute atomic E-state index is 12.1. The third kappa shape index (κ3) is 4.13. The van der Waals surface area contributed by atoms with Crippen molar-refractivity contribution >= 4 is 11.6 Å². The summed E-state index contributed by atoms with van der Waals surface area (Å²) in [6, 6.07) is 18.4. The lowest BCUT2D eigenvalue weighted by Gasteiger charge is -2.12. The summed E-state index contributed by atoms with van der Waals surface area (Å²) in [6.45, 7) is 0.776. The second kappa shape index (κ2) is 7.82. The Morgan fingerprint density at radius 2 is 1.71 bits per heavy atom. The van der Waals surface area contributed by atoms with Crippen molar-refractivity contribution in [3.8, 4) is 11.5 Å². The Hall–Kier alpha value is -3.28. The number of hydrogen-bond acceptors (Lipinski definition) is 4. The smallest absolute Gasteiger partial charge is 0.273 e. The number of amides is 1.